The molecule has 1 atom stereocenters. The highest BCUT2D eigenvalue weighted by molar-refractivity contribution is 5.49. The summed E-state index contributed by atoms with van der Waals surface area (Å²) in [6, 6.07) is 3.13. The minimum absolute atomic E-state index is 0.0249. The highest BCUT2D eigenvalue weighted by atomic mass is 16.6. The van der Waals surface area contributed by atoms with Crippen molar-refractivity contribution >= 4 is 5.69 Å². The molecule has 0 spiro atoms. The highest BCUT2D eigenvalue weighted by Crippen LogP contribution is 2.28. The molecule has 0 radical (unpaired) electrons. The van der Waals surface area contributed by atoms with E-state index in [0.29, 0.717) is 17.9 Å². The van der Waals surface area contributed by atoms with Gasteiger partial charge in [0.1, 0.15) is 18.0 Å². The van der Waals surface area contributed by atoms with Gasteiger partial charge in [-0.1, -0.05) is 6.92 Å². The van der Waals surface area contributed by atoms with Gasteiger partial charge in [0.2, 0.25) is 0 Å². The molecule has 0 fully saturated rings. The Morgan fingerprint density at radius 1 is 1.40 bits per heavy atom. The lowest BCUT2D eigenvalue weighted by Gasteiger charge is -2.24. The maximum Gasteiger partial charge on any atom is 0.276 e. The SMILES string of the molecule is CCNCC(C)(O)COc1cc([N+](=O)[O-])c(C)cc1C. The van der Waals surface area contributed by atoms with E-state index in [2.05, 4.69) is 5.32 Å². The van der Waals surface area contributed by atoms with Gasteiger partial charge in [-0.3, -0.25) is 10.1 Å². The lowest BCUT2D eigenvalue weighted by Crippen LogP contribution is -2.42. The first-order chi connectivity index (χ1) is 9.26. The molecule has 0 bridgehead atoms. The van der Waals surface area contributed by atoms with Crippen molar-refractivity contribution in [1.29, 1.82) is 0 Å². The topological polar surface area (TPSA) is 84.6 Å². The molecule has 0 aliphatic carbocycles. The van der Waals surface area contributed by atoms with E-state index in [0.717, 1.165) is 12.1 Å². The quantitative estimate of drug-likeness (QED) is 0.590. The molecule has 0 aromatic heterocycles. The molecule has 112 valence electrons. The molecular weight excluding hydrogens is 260 g/mol. The normalized spacial score (nSPS) is 13.8. The fraction of sp³-hybridized carbons (Fsp3) is 0.571. The van der Waals surface area contributed by atoms with Crippen LogP contribution in [-0.2, 0) is 0 Å². The number of nitrogens with one attached hydrogen (secondary N) is 1. The van der Waals surface area contributed by atoms with Crippen LogP contribution in [0.4, 0.5) is 5.69 Å². The summed E-state index contributed by atoms with van der Waals surface area (Å²) >= 11 is 0. The van der Waals surface area contributed by atoms with Gasteiger partial charge in [-0.25, -0.2) is 0 Å². The number of ether oxygens (including phenoxy) is 1. The summed E-state index contributed by atoms with van der Waals surface area (Å²) < 4.78 is 5.55. The van der Waals surface area contributed by atoms with E-state index in [4.69, 9.17) is 4.74 Å². The monoisotopic (exact) mass is 282 g/mol. The molecule has 1 unspecified atom stereocenters. The van der Waals surface area contributed by atoms with Gasteiger partial charge in [0.15, 0.2) is 0 Å². The first kappa shape index (κ1) is 16.4. The second kappa shape index (κ2) is 6.67. The minimum Gasteiger partial charge on any atom is -0.490 e. The second-order valence-corrected chi connectivity index (χ2v) is 5.23. The van der Waals surface area contributed by atoms with E-state index >= 15 is 0 Å². The number of hydrogen-bond donors (Lipinski definition) is 2. The smallest absolute Gasteiger partial charge is 0.276 e. The summed E-state index contributed by atoms with van der Waals surface area (Å²) in [7, 11) is 0. The van der Waals surface area contributed by atoms with Crippen LogP contribution in [0.5, 0.6) is 5.75 Å². The molecule has 20 heavy (non-hydrogen) atoms. The molecular formula is C14H22N2O4. The Kier molecular flexibility index (Phi) is 5.47. The van der Waals surface area contributed by atoms with Crippen LogP contribution in [0.15, 0.2) is 12.1 Å². The summed E-state index contributed by atoms with van der Waals surface area (Å²) in [5.41, 5.74) is 0.408. The van der Waals surface area contributed by atoms with Gasteiger partial charge in [-0.05, 0) is 38.9 Å². The zero-order chi connectivity index (χ0) is 15.3. The molecule has 6 nitrogen and oxygen atoms in total. The summed E-state index contributed by atoms with van der Waals surface area (Å²) in [4.78, 5) is 10.5. The van der Waals surface area contributed by atoms with E-state index in [9.17, 15) is 15.2 Å². The van der Waals surface area contributed by atoms with Crippen molar-refractivity contribution in [3.05, 3.63) is 33.4 Å². The van der Waals surface area contributed by atoms with Crippen LogP contribution in [0.1, 0.15) is 25.0 Å². The fourth-order valence-electron chi connectivity index (χ4n) is 1.85. The van der Waals surface area contributed by atoms with Crippen LogP contribution in [-0.4, -0.2) is 35.3 Å². The van der Waals surface area contributed by atoms with Crippen molar-refractivity contribution in [2.45, 2.75) is 33.3 Å². The molecule has 0 amide bonds. The molecule has 0 heterocycles. The predicted molar refractivity (Wildman–Crippen MR) is 77.2 cm³/mol. The standard InChI is InChI=1S/C14H22N2O4/c1-5-15-8-14(4,17)9-20-13-7-12(16(18)19)10(2)6-11(13)3/h6-7,15,17H,5,8-9H2,1-4H3. The minimum atomic E-state index is -1.03. The number of aryl methyl sites for hydroxylation is 2. The number of rotatable bonds is 7. The molecule has 0 aliphatic rings. The Balaban J connectivity index is 2.82. The van der Waals surface area contributed by atoms with Crippen molar-refractivity contribution in [3.8, 4) is 5.75 Å². The highest BCUT2D eigenvalue weighted by Gasteiger charge is 2.22. The van der Waals surface area contributed by atoms with Gasteiger partial charge >= 0.3 is 0 Å². The van der Waals surface area contributed by atoms with Crippen LogP contribution in [0, 0.1) is 24.0 Å². The van der Waals surface area contributed by atoms with E-state index < -0.39 is 10.5 Å². The van der Waals surface area contributed by atoms with Crippen LogP contribution in [0.3, 0.4) is 0 Å². The van der Waals surface area contributed by atoms with Crippen molar-refractivity contribution in [2.75, 3.05) is 19.7 Å². The van der Waals surface area contributed by atoms with Crippen LogP contribution in [0.25, 0.3) is 0 Å². The van der Waals surface area contributed by atoms with Crippen molar-refractivity contribution in [1.82, 2.24) is 5.32 Å². The molecule has 0 aliphatic heterocycles. The summed E-state index contributed by atoms with van der Waals surface area (Å²) in [5, 5.41) is 24.1. The molecule has 2 N–H and O–H groups in total. The van der Waals surface area contributed by atoms with E-state index in [1.807, 2.05) is 13.8 Å². The summed E-state index contributed by atoms with van der Waals surface area (Å²) in [6.07, 6.45) is 0. The number of hydrogen-bond acceptors (Lipinski definition) is 5. The number of nitro benzene ring substituents is 1. The van der Waals surface area contributed by atoms with E-state index in [1.54, 1.807) is 19.9 Å². The third kappa shape index (κ3) is 4.47. The van der Waals surface area contributed by atoms with E-state index in [-0.39, 0.29) is 12.3 Å². The van der Waals surface area contributed by atoms with Gasteiger partial charge < -0.3 is 15.2 Å². The van der Waals surface area contributed by atoms with Crippen LogP contribution < -0.4 is 10.1 Å². The van der Waals surface area contributed by atoms with Gasteiger partial charge in [0, 0.05) is 12.1 Å². The second-order valence-electron chi connectivity index (χ2n) is 5.23. The number of aliphatic hydroxyl groups is 1. The predicted octanol–water partition coefficient (Wildman–Crippen LogP) is 1.95. The zero-order valence-electron chi connectivity index (χ0n) is 12.4. The Hall–Kier alpha value is -1.66. The maximum absolute atomic E-state index is 10.9. The third-order valence-electron chi connectivity index (χ3n) is 2.98. The average molecular weight is 282 g/mol. The Morgan fingerprint density at radius 2 is 2.05 bits per heavy atom. The molecule has 1 aromatic rings. The van der Waals surface area contributed by atoms with Crippen molar-refractivity contribution < 1.29 is 14.8 Å². The van der Waals surface area contributed by atoms with Crippen LogP contribution in [0.2, 0.25) is 0 Å². The summed E-state index contributed by atoms with van der Waals surface area (Å²) in [6.45, 7) is 8.35. The van der Waals surface area contributed by atoms with Gasteiger partial charge in [-0.2, -0.15) is 0 Å². The maximum atomic E-state index is 10.9. The van der Waals surface area contributed by atoms with Crippen molar-refractivity contribution in [3.63, 3.8) is 0 Å². The van der Waals surface area contributed by atoms with Crippen LogP contribution >= 0.6 is 0 Å². The largest absolute Gasteiger partial charge is 0.490 e. The third-order valence-corrected chi connectivity index (χ3v) is 2.98. The molecule has 0 saturated heterocycles. The van der Waals surface area contributed by atoms with Gasteiger partial charge in [0.05, 0.1) is 11.0 Å². The lowest BCUT2D eigenvalue weighted by atomic mass is 10.1. The molecule has 0 saturated carbocycles. The number of benzene rings is 1. The Morgan fingerprint density at radius 3 is 2.60 bits per heavy atom. The molecule has 6 heteroatoms. The first-order valence-electron chi connectivity index (χ1n) is 6.58. The van der Waals surface area contributed by atoms with Crippen molar-refractivity contribution in [2.24, 2.45) is 0 Å². The molecule has 1 rings (SSSR count). The fourth-order valence-corrected chi connectivity index (χ4v) is 1.85. The number of nitro groups is 1. The lowest BCUT2D eigenvalue weighted by molar-refractivity contribution is -0.385. The van der Waals surface area contributed by atoms with Gasteiger partial charge in [0.25, 0.3) is 5.69 Å². The Labute approximate surface area is 118 Å². The number of likely N-dealkylation sites (N-methyl/N-ethyl adjacent to an activating group) is 1. The van der Waals surface area contributed by atoms with E-state index in [1.165, 1.54) is 6.07 Å². The molecule has 1 aromatic carbocycles. The van der Waals surface area contributed by atoms with Gasteiger partial charge in [-0.15, -0.1) is 0 Å². The Bertz CT molecular complexity index is 486. The average Bonchev–Trinajstić information content (AvgIpc) is 2.35. The first-order valence-corrected chi connectivity index (χ1v) is 6.58. The number of nitrogens with zero attached hydrogens (tertiary/aromatic N) is 1. The zero-order valence-corrected chi connectivity index (χ0v) is 12.4. The summed E-state index contributed by atoms with van der Waals surface area (Å²) in [5.74, 6) is 0.430.